The van der Waals surface area contributed by atoms with E-state index in [0.29, 0.717) is 18.7 Å². The molecule has 1 fully saturated rings. The van der Waals surface area contributed by atoms with Gasteiger partial charge in [0, 0.05) is 31.7 Å². The molecule has 2 unspecified atom stereocenters. The molecule has 2 amide bonds. The Morgan fingerprint density at radius 1 is 1.38 bits per heavy atom. The van der Waals surface area contributed by atoms with Gasteiger partial charge in [-0.3, -0.25) is 10.9 Å². The van der Waals surface area contributed by atoms with Crippen molar-refractivity contribution in [2.75, 3.05) is 18.9 Å². The number of nitrogens with zero attached hydrogens (tertiary/aromatic N) is 1. The Hall–Kier alpha value is -1.44. The minimum atomic E-state index is -0.913. The van der Waals surface area contributed by atoms with Gasteiger partial charge in [-0.25, -0.2) is 13.6 Å². The molecule has 1 saturated heterocycles. The first kappa shape index (κ1) is 18.9. The third kappa shape index (κ3) is 4.55. The quantitative estimate of drug-likeness (QED) is 0.724. The molecule has 0 aromatic heterocycles. The highest BCUT2D eigenvalue weighted by molar-refractivity contribution is 6.33. The number of halogens is 3. The van der Waals surface area contributed by atoms with Gasteiger partial charge >= 0.3 is 6.03 Å². The number of rotatable bonds is 3. The van der Waals surface area contributed by atoms with Crippen LogP contribution in [0.25, 0.3) is 0 Å². The lowest BCUT2D eigenvalue weighted by molar-refractivity contribution is 0.217. The van der Waals surface area contributed by atoms with Crippen LogP contribution in [0.4, 0.5) is 19.3 Å². The van der Waals surface area contributed by atoms with Crippen LogP contribution in [0.15, 0.2) is 12.1 Å². The second kappa shape index (κ2) is 7.21. The van der Waals surface area contributed by atoms with Crippen LogP contribution in [0.5, 0.6) is 0 Å². The summed E-state index contributed by atoms with van der Waals surface area (Å²) >= 11 is 5.76. The Labute approximate surface area is 145 Å². The number of amides is 2. The van der Waals surface area contributed by atoms with E-state index in [1.807, 2.05) is 0 Å². The topological polar surface area (TPSA) is 56.4 Å². The van der Waals surface area contributed by atoms with Crippen LogP contribution < -0.4 is 16.2 Å². The lowest BCUT2D eigenvalue weighted by atomic mass is 9.84. The molecule has 24 heavy (non-hydrogen) atoms. The number of likely N-dealkylation sites (N-methyl/N-ethyl adjacent to an activating group) is 1. The summed E-state index contributed by atoms with van der Waals surface area (Å²) in [5, 5.41) is 2.12. The molecule has 2 rings (SSSR count). The van der Waals surface area contributed by atoms with E-state index in [0.717, 1.165) is 12.5 Å². The average molecular weight is 361 g/mol. The number of anilines is 1. The zero-order valence-corrected chi connectivity index (χ0v) is 15.0. The van der Waals surface area contributed by atoms with Gasteiger partial charge in [0.05, 0.1) is 5.69 Å². The van der Waals surface area contributed by atoms with E-state index in [1.54, 1.807) is 7.05 Å². The van der Waals surface area contributed by atoms with Gasteiger partial charge in [-0.1, -0.05) is 32.4 Å². The van der Waals surface area contributed by atoms with Crippen molar-refractivity contribution in [3.05, 3.63) is 28.8 Å². The minimum absolute atomic E-state index is 0.0870. The molecule has 0 aliphatic carbocycles. The van der Waals surface area contributed by atoms with Crippen molar-refractivity contribution in [2.24, 2.45) is 5.41 Å². The largest absolute Gasteiger partial charge is 0.326 e. The number of hydrogen-bond donors (Lipinski definition) is 3. The molecule has 1 aromatic carbocycles. The summed E-state index contributed by atoms with van der Waals surface area (Å²) in [6, 6.07) is 1.56. The second-order valence-corrected chi connectivity index (χ2v) is 7.58. The van der Waals surface area contributed by atoms with Gasteiger partial charge in [0.25, 0.3) is 0 Å². The van der Waals surface area contributed by atoms with Crippen molar-refractivity contribution < 1.29 is 13.6 Å². The molecule has 5 nitrogen and oxygen atoms in total. The third-order valence-electron chi connectivity index (χ3n) is 4.10. The number of urea groups is 1. The first-order chi connectivity index (χ1) is 11.1. The summed E-state index contributed by atoms with van der Waals surface area (Å²) in [5.74, 6) is -1.71. The van der Waals surface area contributed by atoms with Crippen molar-refractivity contribution in [1.82, 2.24) is 15.8 Å². The number of nitrogens with one attached hydrogen (secondary N) is 3. The van der Waals surface area contributed by atoms with E-state index in [9.17, 15) is 13.6 Å². The van der Waals surface area contributed by atoms with Gasteiger partial charge < -0.3 is 10.2 Å². The molecule has 1 heterocycles. The minimum Gasteiger partial charge on any atom is -0.326 e. The van der Waals surface area contributed by atoms with Crippen LogP contribution in [0.2, 0.25) is 5.02 Å². The molecular formula is C16H23ClF2N4O. The average Bonchev–Trinajstić information content (AvgIpc) is 2.92. The zero-order chi connectivity index (χ0) is 18.1. The molecule has 0 saturated carbocycles. The van der Waals surface area contributed by atoms with Crippen LogP contribution in [0.3, 0.4) is 0 Å². The van der Waals surface area contributed by atoms with E-state index in [1.165, 1.54) is 4.90 Å². The predicted molar refractivity (Wildman–Crippen MR) is 90.9 cm³/mol. The van der Waals surface area contributed by atoms with Crippen molar-refractivity contribution in [3.8, 4) is 0 Å². The molecule has 0 spiro atoms. The Kier molecular flexibility index (Phi) is 5.67. The smallest absolute Gasteiger partial charge is 0.321 e. The highest BCUT2D eigenvalue weighted by Crippen LogP contribution is 2.27. The van der Waals surface area contributed by atoms with Gasteiger partial charge in [0.2, 0.25) is 0 Å². The van der Waals surface area contributed by atoms with Crippen molar-refractivity contribution >= 4 is 23.3 Å². The maximum atomic E-state index is 13.4. The van der Waals surface area contributed by atoms with Gasteiger partial charge in [0.1, 0.15) is 16.7 Å². The lowest BCUT2D eigenvalue weighted by Crippen LogP contribution is -2.43. The summed E-state index contributed by atoms with van der Waals surface area (Å²) in [6.07, 6.45) is 0.871. The molecule has 8 heteroatoms. The lowest BCUT2D eigenvalue weighted by Gasteiger charge is -2.26. The van der Waals surface area contributed by atoms with Crippen molar-refractivity contribution in [1.29, 1.82) is 0 Å². The Bertz CT molecular complexity index is 621. The molecule has 134 valence electrons. The molecule has 2 atom stereocenters. The molecule has 1 aliphatic heterocycles. The summed E-state index contributed by atoms with van der Waals surface area (Å²) in [4.78, 5) is 13.7. The first-order valence-corrected chi connectivity index (χ1v) is 8.13. The first-order valence-electron chi connectivity index (χ1n) is 7.75. The number of carbonyl (C=O) groups excluding carboxylic acids is 1. The number of hydrazine groups is 1. The van der Waals surface area contributed by atoms with Crippen molar-refractivity contribution in [2.45, 2.75) is 39.3 Å². The molecule has 0 bridgehead atoms. The van der Waals surface area contributed by atoms with E-state index in [2.05, 4.69) is 36.9 Å². The maximum Gasteiger partial charge on any atom is 0.321 e. The predicted octanol–water partition coefficient (Wildman–Crippen LogP) is 3.36. The standard InChI is InChI=1S/C16H23ClF2N4O/c1-16(2,3)13-7-10(21-22-13)8-23(4)15(24)20-12-6-9(18)5-11(19)14(12)17/h5-6,10,13,21-22H,7-8H2,1-4H3,(H,20,24). The Balaban J connectivity index is 1.94. The molecule has 1 aliphatic rings. The summed E-state index contributed by atoms with van der Waals surface area (Å²) in [7, 11) is 1.62. The van der Waals surface area contributed by atoms with Gasteiger partial charge in [-0.2, -0.15) is 0 Å². The van der Waals surface area contributed by atoms with Crippen LogP contribution in [0.1, 0.15) is 27.2 Å². The number of hydrogen-bond acceptors (Lipinski definition) is 3. The SMILES string of the molecule is CN(CC1CC(C(C)(C)C)NN1)C(=O)Nc1cc(F)cc(F)c1Cl. The van der Waals surface area contributed by atoms with E-state index < -0.39 is 17.7 Å². The highest BCUT2D eigenvalue weighted by atomic mass is 35.5. The second-order valence-electron chi connectivity index (χ2n) is 7.20. The summed E-state index contributed by atoms with van der Waals surface area (Å²) < 4.78 is 26.7. The fourth-order valence-electron chi connectivity index (χ4n) is 2.58. The monoisotopic (exact) mass is 360 g/mol. The summed E-state index contributed by atoms with van der Waals surface area (Å²) in [5.41, 5.74) is 6.43. The summed E-state index contributed by atoms with van der Waals surface area (Å²) in [6.45, 7) is 6.88. The van der Waals surface area contributed by atoms with Crippen LogP contribution in [0, 0.1) is 17.0 Å². The normalized spacial score (nSPS) is 21.0. The van der Waals surface area contributed by atoms with Gasteiger partial charge in [-0.05, 0) is 17.9 Å². The molecular weight excluding hydrogens is 338 g/mol. The zero-order valence-electron chi connectivity index (χ0n) is 14.2. The van der Waals surface area contributed by atoms with E-state index in [-0.39, 0.29) is 22.2 Å². The maximum absolute atomic E-state index is 13.4. The van der Waals surface area contributed by atoms with Crippen molar-refractivity contribution in [3.63, 3.8) is 0 Å². The highest BCUT2D eigenvalue weighted by Gasteiger charge is 2.33. The fourth-order valence-corrected chi connectivity index (χ4v) is 2.74. The Morgan fingerprint density at radius 2 is 2.04 bits per heavy atom. The molecule has 0 radical (unpaired) electrons. The number of benzene rings is 1. The molecule has 3 N–H and O–H groups in total. The van der Waals surface area contributed by atoms with Crippen LogP contribution >= 0.6 is 11.6 Å². The molecule has 1 aromatic rings. The van der Waals surface area contributed by atoms with Crippen LogP contribution in [-0.2, 0) is 0 Å². The number of carbonyl (C=O) groups is 1. The van der Waals surface area contributed by atoms with Crippen LogP contribution in [-0.4, -0.2) is 36.6 Å². The van der Waals surface area contributed by atoms with E-state index >= 15 is 0 Å². The van der Waals surface area contributed by atoms with E-state index in [4.69, 9.17) is 11.6 Å². The fraction of sp³-hybridized carbons (Fsp3) is 0.562. The third-order valence-corrected chi connectivity index (χ3v) is 4.49. The van der Waals surface area contributed by atoms with Gasteiger partial charge in [0.15, 0.2) is 0 Å². The Morgan fingerprint density at radius 3 is 2.62 bits per heavy atom. The van der Waals surface area contributed by atoms with Gasteiger partial charge in [-0.15, -0.1) is 0 Å².